The first-order valence-electron chi connectivity index (χ1n) is 7.26. The Hall–Kier alpha value is -2.16. The summed E-state index contributed by atoms with van der Waals surface area (Å²) < 4.78 is 16.9. The van der Waals surface area contributed by atoms with Crippen molar-refractivity contribution in [1.29, 1.82) is 0 Å². The van der Waals surface area contributed by atoms with Gasteiger partial charge >= 0.3 is 0 Å². The van der Waals surface area contributed by atoms with E-state index >= 15 is 0 Å². The smallest absolute Gasteiger partial charge is 0.251 e. The number of rotatable bonds is 2. The Morgan fingerprint density at radius 2 is 2.09 bits per heavy atom. The molecule has 5 atom stereocenters. The maximum atomic E-state index is 11.3. The normalized spacial score (nSPS) is 35.2. The summed E-state index contributed by atoms with van der Waals surface area (Å²) in [5.41, 5.74) is 0.816. The molecule has 2 heterocycles. The molecule has 2 aliphatic heterocycles. The Bertz CT molecular complexity index is 593. The fourth-order valence-corrected chi connectivity index (χ4v) is 2.75. The number of fused-ring (bicyclic) bond motifs is 1. The van der Waals surface area contributed by atoms with Crippen LogP contribution in [0, 0.1) is 0 Å². The molecule has 0 saturated carbocycles. The molecular formula is C15H18N2O6. The van der Waals surface area contributed by atoms with Crippen LogP contribution in [0.5, 0.6) is 0 Å². The Morgan fingerprint density at radius 1 is 1.35 bits per heavy atom. The molecule has 8 nitrogen and oxygen atoms in total. The molecule has 2 aliphatic rings. The molecule has 23 heavy (non-hydrogen) atoms. The number of aliphatic hydroxyl groups is 1. The molecule has 0 radical (unpaired) electrons. The van der Waals surface area contributed by atoms with Crippen LogP contribution in [0.3, 0.4) is 0 Å². The zero-order chi connectivity index (χ0) is 16.4. The van der Waals surface area contributed by atoms with E-state index in [1.54, 1.807) is 0 Å². The van der Waals surface area contributed by atoms with Gasteiger partial charge in [-0.1, -0.05) is 35.5 Å². The van der Waals surface area contributed by atoms with E-state index in [1.807, 2.05) is 30.3 Å². The number of nitrogens with one attached hydrogen (secondary N) is 1. The van der Waals surface area contributed by atoms with Crippen molar-refractivity contribution in [3.05, 3.63) is 35.9 Å². The molecule has 2 fully saturated rings. The van der Waals surface area contributed by atoms with Crippen molar-refractivity contribution < 1.29 is 29.3 Å². The second kappa shape index (κ2) is 6.53. The number of amides is 1. The lowest BCUT2D eigenvalue weighted by atomic mass is 9.96. The highest BCUT2D eigenvalue weighted by Gasteiger charge is 2.49. The van der Waals surface area contributed by atoms with Crippen molar-refractivity contribution in [3.63, 3.8) is 0 Å². The van der Waals surface area contributed by atoms with Crippen molar-refractivity contribution in [1.82, 2.24) is 5.32 Å². The maximum absolute atomic E-state index is 11.3. The number of benzene rings is 1. The van der Waals surface area contributed by atoms with Crippen LogP contribution in [0.2, 0.25) is 0 Å². The van der Waals surface area contributed by atoms with Gasteiger partial charge in [0.05, 0.1) is 6.61 Å². The molecule has 0 aliphatic carbocycles. The van der Waals surface area contributed by atoms with E-state index in [0.717, 1.165) is 5.56 Å². The molecule has 1 aromatic carbocycles. The van der Waals surface area contributed by atoms with Gasteiger partial charge in [-0.25, -0.2) is 0 Å². The maximum Gasteiger partial charge on any atom is 0.251 e. The van der Waals surface area contributed by atoms with Gasteiger partial charge in [-0.05, 0) is 0 Å². The lowest BCUT2D eigenvalue weighted by Crippen LogP contribution is -2.64. The molecule has 5 unspecified atom stereocenters. The summed E-state index contributed by atoms with van der Waals surface area (Å²) in [5.74, 6) is -0.553. The van der Waals surface area contributed by atoms with Gasteiger partial charge in [0.2, 0.25) is 5.91 Å². The fraction of sp³-hybridized carbons (Fsp3) is 0.467. The molecule has 2 saturated heterocycles. The molecule has 1 amide bonds. The number of oxime groups is 1. The molecule has 3 rings (SSSR count). The predicted molar refractivity (Wildman–Crippen MR) is 77.7 cm³/mol. The summed E-state index contributed by atoms with van der Waals surface area (Å²) in [6.07, 6.45) is -3.11. The second-order valence-corrected chi connectivity index (χ2v) is 5.44. The van der Waals surface area contributed by atoms with E-state index in [0.29, 0.717) is 0 Å². The molecule has 0 aromatic heterocycles. The van der Waals surface area contributed by atoms with Crippen LogP contribution in [0.4, 0.5) is 0 Å². The van der Waals surface area contributed by atoms with Gasteiger partial charge in [0.25, 0.3) is 5.90 Å². The van der Waals surface area contributed by atoms with Crippen LogP contribution < -0.4 is 5.32 Å². The topological polar surface area (TPSA) is 110 Å². The average molecular weight is 322 g/mol. The van der Waals surface area contributed by atoms with Crippen molar-refractivity contribution in [2.45, 2.75) is 37.6 Å². The third-order valence-corrected chi connectivity index (χ3v) is 3.80. The largest absolute Gasteiger partial charge is 0.468 e. The van der Waals surface area contributed by atoms with Gasteiger partial charge in [0.1, 0.15) is 18.2 Å². The van der Waals surface area contributed by atoms with Crippen LogP contribution in [-0.2, 0) is 19.0 Å². The van der Waals surface area contributed by atoms with Crippen LogP contribution >= 0.6 is 0 Å². The van der Waals surface area contributed by atoms with E-state index in [9.17, 15) is 9.90 Å². The van der Waals surface area contributed by atoms with E-state index in [2.05, 4.69) is 10.5 Å². The Balaban J connectivity index is 1.79. The molecule has 124 valence electrons. The summed E-state index contributed by atoms with van der Waals surface area (Å²) >= 11 is 0. The molecular weight excluding hydrogens is 304 g/mol. The van der Waals surface area contributed by atoms with E-state index in [-0.39, 0.29) is 18.4 Å². The highest BCUT2D eigenvalue weighted by molar-refractivity contribution is 5.88. The highest BCUT2D eigenvalue weighted by Crippen LogP contribution is 2.32. The quantitative estimate of drug-likeness (QED) is 0.528. The second-order valence-electron chi connectivity index (χ2n) is 5.44. The summed E-state index contributed by atoms with van der Waals surface area (Å²) in [4.78, 5) is 11.3. The number of hydrogen-bond donors (Lipinski definition) is 3. The number of ether oxygens (including phenoxy) is 3. The van der Waals surface area contributed by atoms with Crippen LogP contribution in [0.25, 0.3) is 0 Å². The summed E-state index contributed by atoms with van der Waals surface area (Å²) in [7, 11) is 0. The Kier molecular flexibility index (Phi) is 4.46. The number of carbonyl (C=O) groups is 1. The fourth-order valence-electron chi connectivity index (χ4n) is 2.75. The van der Waals surface area contributed by atoms with E-state index < -0.39 is 30.6 Å². The minimum atomic E-state index is -1.13. The highest BCUT2D eigenvalue weighted by atomic mass is 16.7. The number of carbonyl (C=O) groups excluding carboxylic acids is 1. The third kappa shape index (κ3) is 3.14. The van der Waals surface area contributed by atoms with Gasteiger partial charge in [-0.3, -0.25) is 4.79 Å². The van der Waals surface area contributed by atoms with Crippen LogP contribution in [-0.4, -0.2) is 53.1 Å². The van der Waals surface area contributed by atoms with Gasteiger partial charge in [-0.2, -0.15) is 0 Å². The number of nitrogens with zero attached hydrogens (tertiary/aromatic N) is 1. The zero-order valence-electron chi connectivity index (χ0n) is 12.5. The van der Waals surface area contributed by atoms with Crippen molar-refractivity contribution in [2.75, 3.05) is 6.61 Å². The van der Waals surface area contributed by atoms with E-state index in [1.165, 1.54) is 6.92 Å². The number of hydrogen-bond acceptors (Lipinski definition) is 7. The van der Waals surface area contributed by atoms with Gasteiger partial charge in [0, 0.05) is 12.5 Å². The molecule has 0 bridgehead atoms. The monoisotopic (exact) mass is 322 g/mol. The standard InChI is InChI=1S/C15H18N2O6/c1-8(18)16-11-12(19)13-10(22-14(11)17-20)7-21-15(23-13)9-5-3-2-4-6-9/h2-6,10-13,15,19-20H,7H2,1H3,(H,16,18). The molecule has 3 N–H and O–H groups in total. The first kappa shape index (κ1) is 15.7. The number of aliphatic hydroxyl groups excluding tert-OH is 1. The SMILES string of the molecule is CC(=O)NC1C(=NO)OC2COC(c3ccccc3)OC2C1O. The van der Waals surface area contributed by atoms with E-state index in [4.69, 9.17) is 19.4 Å². The van der Waals surface area contributed by atoms with Crippen LogP contribution in [0.1, 0.15) is 18.8 Å². The Labute approximate surface area is 132 Å². The molecule has 0 spiro atoms. The predicted octanol–water partition coefficient (Wildman–Crippen LogP) is 0.153. The first-order chi connectivity index (χ1) is 11.1. The molecule has 1 aromatic rings. The lowest BCUT2D eigenvalue weighted by molar-refractivity contribution is -0.281. The van der Waals surface area contributed by atoms with Gasteiger partial charge in [-0.15, -0.1) is 0 Å². The minimum absolute atomic E-state index is 0.160. The molecule has 8 heteroatoms. The van der Waals surface area contributed by atoms with Gasteiger partial charge in [0.15, 0.2) is 12.4 Å². The third-order valence-electron chi connectivity index (χ3n) is 3.80. The van der Waals surface area contributed by atoms with Crippen molar-refractivity contribution >= 4 is 11.8 Å². The van der Waals surface area contributed by atoms with Crippen LogP contribution in [0.15, 0.2) is 35.5 Å². The minimum Gasteiger partial charge on any atom is -0.468 e. The zero-order valence-corrected chi connectivity index (χ0v) is 12.5. The van der Waals surface area contributed by atoms with Crippen molar-refractivity contribution in [3.8, 4) is 0 Å². The lowest BCUT2D eigenvalue weighted by Gasteiger charge is -2.44. The first-order valence-corrected chi connectivity index (χ1v) is 7.26. The summed E-state index contributed by atoms with van der Waals surface area (Å²) in [6, 6.07) is 8.33. The Morgan fingerprint density at radius 3 is 2.74 bits per heavy atom. The average Bonchev–Trinajstić information content (AvgIpc) is 2.57. The summed E-state index contributed by atoms with van der Waals surface area (Å²) in [6.45, 7) is 1.46. The van der Waals surface area contributed by atoms with Crippen molar-refractivity contribution in [2.24, 2.45) is 5.16 Å². The summed E-state index contributed by atoms with van der Waals surface area (Å²) in [5, 5.41) is 25.0. The van der Waals surface area contributed by atoms with Gasteiger partial charge < -0.3 is 29.8 Å².